The molecule has 1 heterocycles. The van der Waals surface area contributed by atoms with Gasteiger partial charge in [0.15, 0.2) is 0 Å². The zero-order chi connectivity index (χ0) is 19.4. The van der Waals surface area contributed by atoms with Crippen LogP contribution in [0.1, 0.15) is 31.7 Å². The molecule has 1 aliphatic heterocycles. The van der Waals surface area contributed by atoms with Crippen LogP contribution in [-0.4, -0.2) is 28.7 Å². The van der Waals surface area contributed by atoms with Gasteiger partial charge in [-0.2, -0.15) is 0 Å². The molecule has 0 aromatic heterocycles. The Hall–Kier alpha value is -3.02. The average molecular weight is 368 g/mol. The number of hydrogen-bond acceptors (Lipinski definition) is 3. The summed E-state index contributed by atoms with van der Waals surface area (Å²) >= 11 is 0. The molecule has 1 unspecified atom stereocenters. The Bertz CT molecular complexity index is 836. The van der Waals surface area contributed by atoms with Gasteiger partial charge >= 0.3 is 0 Å². The molecule has 1 aliphatic rings. The molecule has 2 aromatic rings. The first-order chi connectivity index (χ1) is 13.0. The lowest BCUT2D eigenvalue weighted by molar-refractivity contribution is -0.139. The quantitative estimate of drug-likeness (QED) is 0.735. The molecule has 3 amide bonds. The predicted molar refractivity (Wildman–Crippen MR) is 99.2 cm³/mol. The van der Waals surface area contributed by atoms with Gasteiger partial charge in [-0.15, -0.1) is 0 Å². The first kappa shape index (κ1) is 18.8. The van der Waals surface area contributed by atoms with E-state index in [0.717, 1.165) is 10.5 Å². The van der Waals surface area contributed by atoms with Crippen LogP contribution in [0.5, 0.6) is 0 Å². The minimum absolute atomic E-state index is 0.0709. The van der Waals surface area contributed by atoms with Gasteiger partial charge in [-0.3, -0.25) is 14.4 Å². The summed E-state index contributed by atoms with van der Waals surface area (Å²) < 4.78 is 13.2. The van der Waals surface area contributed by atoms with Crippen LogP contribution in [0.3, 0.4) is 0 Å². The minimum atomic E-state index is -0.846. The predicted octanol–water partition coefficient (Wildman–Crippen LogP) is 3.29. The second kappa shape index (κ2) is 8.12. The molecule has 1 saturated heterocycles. The monoisotopic (exact) mass is 368 g/mol. The lowest BCUT2D eigenvalue weighted by atomic mass is 10.1. The van der Waals surface area contributed by atoms with Crippen molar-refractivity contribution in [2.45, 2.75) is 38.8 Å². The van der Waals surface area contributed by atoms with Crippen LogP contribution >= 0.6 is 0 Å². The first-order valence-electron chi connectivity index (χ1n) is 8.97. The number of carbonyl (C=O) groups is 3. The highest BCUT2D eigenvalue weighted by Gasteiger charge is 2.44. The molecule has 0 bridgehead atoms. The molecule has 0 N–H and O–H groups in total. The van der Waals surface area contributed by atoms with Gasteiger partial charge in [-0.1, -0.05) is 37.3 Å². The van der Waals surface area contributed by atoms with E-state index in [1.54, 1.807) is 0 Å². The van der Waals surface area contributed by atoms with E-state index in [0.29, 0.717) is 18.5 Å². The van der Waals surface area contributed by atoms with Gasteiger partial charge in [0, 0.05) is 13.0 Å². The van der Waals surface area contributed by atoms with Crippen molar-refractivity contribution >= 4 is 23.4 Å². The molecule has 1 atom stereocenters. The molecule has 6 heteroatoms. The minimum Gasteiger partial charge on any atom is -0.326 e. The Morgan fingerprint density at radius 3 is 2.41 bits per heavy atom. The Kier molecular flexibility index (Phi) is 5.64. The summed E-state index contributed by atoms with van der Waals surface area (Å²) in [6.07, 6.45) is 0.889. The summed E-state index contributed by atoms with van der Waals surface area (Å²) in [6, 6.07) is 13.7. The lowest BCUT2D eigenvalue weighted by Crippen LogP contribution is -2.45. The number of benzene rings is 2. The maximum absolute atomic E-state index is 13.2. The third-order valence-corrected chi connectivity index (χ3v) is 4.56. The van der Waals surface area contributed by atoms with Crippen molar-refractivity contribution in [1.82, 2.24) is 4.90 Å². The van der Waals surface area contributed by atoms with Crippen LogP contribution in [0.2, 0.25) is 0 Å². The van der Waals surface area contributed by atoms with E-state index < -0.39 is 17.8 Å². The summed E-state index contributed by atoms with van der Waals surface area (Å²) in [5.74, 6) is -1.45. The molecule has 5 nitrogen and oxygen atoms in total. The number of anilines is 1. The Balaban J connectivity index is 1.88. The van der Waals surface area contributed by atoms with Crippen molar-refractivity contribution in [1.29, 1.82) is 0 Å². The zero-order valence-electron chi connectivity index (χ0n) is 15.1. The largest absolute Gasteiger partial charge is 0.326 e. The van der Waals surface area contributed by atoms with Crippen molar-refractivity contribution in [3.05, 3.63) is 66.0 Å². The third-order valence-electron chi connectivity index (χ3n) is 4.56. The fourth-order valence-electron chi connectivity index (χ4n) is 3.23. The van der Waals surface area contributed by atoms with Crippen LogP contribution in [0.15, 0.2) is 54.6 Å². The summed E-state index contributed by atoms with van der Waals surface area (Å²) in [5.41, 5.74) is 1.21. The standard InChI is InChI=1S/C21H21FN2O3/c1-2-6-19(25)23(14-15-7-4-3-5-8-15)18-13-20(26)24(21(18)27)17-11-9-16(22)10-12-17/h3-5,7-12,18H,2,6,13-14H2,1H3. The zero-order valence-corrected chi connectivity index (χ0v) is 15.1. The topological polar surface area (TPSA) is 57.7 Å². The van der Waals surface area contributed by atoms with Gasteiger partial charge in [0.25, 0.3) is 5.91 Å². The van der Waals surface area contributed by atoms with Crippen molar-refractivity contribution in [3.63, 3.8) is 0 Å². The van der Waals surface area contributed by atoms with E-state index in [1.807, 2.05) is 37.3 Å². The highest BCUT2D eigenvalue weighted by Crippen LogP contribution is 2.27. The van der Waals surface area contributed by atoms with Crippen molar-refractivity contribution in [2.24, 2.45) is 0 Å². The second-order valence-electron chi connectivity index (χ2n) is 6.52. The fraction of sp³-hybridized carbons (Fsp3) is 0.286. The van der Waals surface area contributed by atoms with Gasteiger partial charge in [-0.05, 0) is 36.2 Å². The van der Waals surface area contributed by atoms with Crippen molar-refractivity contribution in [2.75, 3.05) is 4.90 Å². The number of amides is 3. The number of imide groups is 1. The normalized spacial score (nSPS) is 16.7. The van der Waals surface area contributed by atoms with Crippen LogP contribution in [0, 0.1) is 5.82 Å². The van der Waals surface area contributed by atoms with Crippen LogP contribution in [-0.2, 0) is 20.9 Å². The van der Waals surface area contributed by atoms with Gasteiger partial charge in [0.1, 0.15) is 11.9 Å². The number of rotatable bonds is 6. The Morgan fingerprint density at radius 2 is 1.78 bits per heavy atom. The number of carbonyl (C=O) groups excluding carboxylic acids is 3. The summed E-state index contributed by atoms with van der Waals surface area (Å²) in [4.78, 5) is 40.7. The number of halogens is 1. The molecular formula is C21H21FN2O3. The molecule has 3 rings (SSSR count). The lowest BCUT2D eigenvalue weighted by Gasteiger charge is -2.28. The van der Waals surface area contributed by atoms with Crippen molar-refractivity contribution < 1.29 is 18.8 Å². The summed E-state index contributed by atoms with van der Waals surface area (Å²) in [7, 11) is 0. The molecule has 0 radical (unpaired) electrons. The second-order valence-corrected chi connectivity index (χ2v) is 6.52. The maximum Gasteiger partial charge on any atom is 0.257 e. The summed E-state index contributed by atoms with van der Waals surface area (Å²) in [5, 5.41) is 0. The van der Waals surface area contributed by atoms with Crippen LogP contribution in [0.4, 0.5) is 10.1 Å². The molecule has 1 fully saturated rings. The smallest absolute Gasteiger partial charge is 0.257 e. The van der Waals surface area contributed by atoms with E-state index in [-0.39, 0.29) is 24.8 Å². The Labute approximate surface area is 157 Å². The molecule has 140 valence electrons. The maximum atomic E-state index is 13.2. The fourth-order valence-corrected chi connectivity index (χ4v) is 3.23. The third kappa shape index (κ3) is 4.05. The number of nitrogens with zero attached hydrogens (tertiary/aromatic N) is 2. The molecule has 0 spiro atoms. The van der Waals surface area contributed by atoms with E-state index >= 15 is 0 Å². The van der Waals surface area contributed by atoms with Gasteiger partial charge in [0.05, 0.1) is 12.1 Å². The van der Waals surface area contributed by atoms with Gasteiger partial charge in [0.2, 0.25) is 11.8 Å². The number of hydrogen-bond donors (Lipinski definition) is 0. The molecule has 0 aliphatic carbocycles. The van der Waals surface area contributed by atoms with Gasteiger partial charge < -0.3 is 4.90 Å². The SMILES string of the molecule is CCCC(=O)N(Cc1ccccc1)C1CC(=O)N(c2ccc(F)cc2)C1=O. The summed E-state index contributed by atoms with van der Waals surface area (Å²) in [6.45, 7) is 2.16. The van der Waals surface area contributed by atoms with Crippen molar-refractivity contribution in [3.8, 4) is 0 Å². The first-order valence-corrected chi connectivity index (χ1v) is 8.97. The van der Waals surface area contributed by atoms with Crippen LogP contribution in [0.25, 0.3) is 0 Å². The molecule has 2 aromatic carbocycles. The highest BCUT2D eigenvalue weighted by atomic mass is 19.1. The van der Waals surface area contributed by atoms with E-state index in [1.165, 1.54) is 29.2 Å². The van der Waals surface area contributed by atoms with E-state index in [9.17, 15) is 18.8 Å². The average Bonchev–Trinajstić information content (AvgIpc) is 2.96. The van der Waals surface area contributed by atoms with Gasteiger partial charge in [-0.25, -0.2) is 9.29 Å². The molecule has 0 saturated carbocycles. The van der Waals surface area contributed by atoms with Crippen LogP contribution < -0.4 is 4.90 Å². The highest BCUT2D eigenvalue weighted by molar-refractivity contribution is 6.23. The molecular weight excluding hydrogens is 347 g/mol. The molecule has 27 heavy (non-hydrogen) atoms. The van der Waals surface area contributed by atoms with E-state index in [2.05, 4.69) is 0 Å². The Morgan fingerprint density at radius 1 is 1.11 bits per heavy atom. The van der Waals surface area contributed by atoms with E-state index in [4.69, 9.17) is 0 Å².